The van der Waals surface area contributed by atoms with Gasteiger partial charge in [0.2, 0.25) is 15.9 Å². The van der Waals surface area contributed by atoms with Gasteiger partial charge in [-0.3, -0.25) is 9.59 Å². The number of sulfonamides is 1. The van der Waals surface area contributed by atoms with Crippen LogP contribution in [0.2, 0.25) is 0 Å². The molecular formula is C23H26FN3O4S. The van der Waals surface area contributed by atoms with Crippen LogP contribution in [0, 0.1) is 11.7 Å². The molecule has 32 heavy (non-hydrogen) atoms. The predicted octanol–water partition coefficient (Wildman–Crippen LogP) is 2.21. The lowest BCUT2D eigenvalue weighted by molar-refractivity contribution is -0.138. The number of halogens is 1. The third kappa shape index (κ3) is 4.68. The van der Waals surface area contributed by atoms with E-state index < -0.39 is 15.8 Å². The summed E-state index contributed by atoms with van der Waals surface area (Å²) in [5.74, 6) is -0.899. The topological polar surface area (TPSA) is 78.0 Å². The number of carbonyl (C=O) groups is 2. The first-order valence-corrected chi connectivity index (χ1v) is 12.2. The van der Waals surface area contributed by atoms with Gasteiger partial charge in [-0.25, -0.2) is 12.8 Å². The molecule has 9 heteroatoms. The second kappa shape index (κ2) is 9.38. The molecule has 2 aliphatic heterocycles. The van der Waals surface area contributed by atoms with Gasteiger partial charge in [-0.2, -0.15) is 4.31 Å². The second-order valence-corrected chi connectivity index (χ2v) is 10.1. The van der Waals surface area contributed by atoms with E-state index in [1.807, 2.05) is 0 Å². The Morgan fingerprint density at radius 3 is 2.06 bits per heavy atom. The Kier molecular flexibility index (Phi) is 6.57. The first-order valence-electron chi connectivity index (χ1n) is 10.7. The highest BCUT2D eigenvalue weighted by Gasteiger charge is 2.35. The Morgan fingerprint density at radius 1 is 0.812 bits per heavy atom. The summed E-state index contributed by atoms with van der Waals surface area (Å²) in [5, 5.41) is 0. The first kappa shape index (κ1) is 22.4. The summed E-state index contributed by atoms with van der Waals surface area (Å²) in [5.41, 5.74) is 0.303. The van der Waals surface area contributed by atoms with Crippen molar-refractivity contribution in [3.8, 4) is 0 Å². The van der Waals surface area contributed by atoms with Crippen molar-refractivity contribution >= 4 is 21.8 Å². The summed E-state index contributed by atoms with van der Waals surface area (Å²) >= 11 is 0. The van der Waals surface area contributed by atoms with E-state index in [9.17, 15) is 22.4 Å². The molecule has 0 radical (unpaired) electrons. The molecule has 2 heterocycles. The maximum atomic E-state index is 13.4. The van der Waals surface area contributed by atoms with E-state index in [4.69, 9.17) is 0 Å². The minimum atomic E-state index is -3.54. The van der Waals surface area contributed by atoms with Crippen molar-refractivity contribution in [2.24, 2.45) is 5.92 Å². The molecule has 0 bridgehead atoms. The predicted molar refractivity (Wildman–Crippen MR) is 117 cm³/mol. The SMILES string of the molecule is O=C(c1cccc(F)c1)N1CCN(C(=O)C2CCN(S(=O)(=O)c3ccccc3)CC2)CC1. The van der Waals surface area contributed by atoms with Crippen LogP contribution in [0.4, 0.5) is 4.39 Å². The zero-order valence-corrected chi connectivity index (χ0v) is 18.5. The summed E-state index contributed by atoms with van der Waals surface area (Å²) in [6, 6.07) is 13.9. The van der Waals surface area contributed by atoms with Gasteiger partial charge in [0, 0.05) is 50.7 Å². The Hall–Kier alpha value is -2.78. The number of hydrogen-bond donors (Lipinski definition) is 0. The van der Waals surface area contributed by atoms with Gasteiger partial charge >= 0.3 is 0 Å². The third-order valence-corrected chi connectivity index (χ3v) is 8.05. The Morgan fingerprint density at radius 2 is 1.44 bits per heavy atom. The molecular weight excluding hydrogens is 433 g/mol. The quantitative estimate of drug-likeness (QED) is 0.703. The highest BCUT2D eigenvalue weighted by atomic mass is 32.2. The lowest BCUT2D eigenvalue weighted by Gasteiger charge is -2.38. The van der Waals surface area contributed by atoms with Gasteiger partial charge in [0.15, 0.2) is 0 Å². The molecule has 0 saturated carbocycles. The fourth-order valence-electron chi connectivity index (χ4n) is 4.28. The average molecular weight is 460 g/mol. The monoisotopic (exact) mass is 459 g/mol. The fourth-order valence-corrected chi connectivity index (χ4v) is 5.77. The van der Waals surface area contributed by atoms with Gasteiger partial charge in [-0.1, -0.05) is 24.3 Å². The molecule has 2 aliphatic rings. The van der Waals surface area contributed by atoms with Gasteiger partial charge in [0.1, 0.15) is 5.82 Å². The molecule has 2 amide bonds. The van der Waals surface area contributed by atoms with Crippen LogP contribution in [0.3, 0.4) is 0 Å². The van der Waals surface area contributed by atoms with Crippen molar-refractivity contribution in [3.63, 3.8) is 0 Å². The van der Waals surface area contributed by atoms with Crippen LogP contribution in [-0.4, -0.2) is 73.6 Å². The number of rotatable bonds is 4. The first-order chi connectivity index (χ1) is 15.4. The van der Waals surface area contributed by atoms with E-state index in [1.165, 1.54) is 22.5 Å². The molecule has 170 valence electrons. The Labute approximate surface area is 187 Å². The van der Waals surface area contributed by atoms with E-state index in [2.05, 4.69) is 0 Å². The van der Waals surface area contributed by atoms with Gasteiger partial charge in [-0.05, 0) is 43.2 Å². The minimum Gasteiger partial charge on any atom is -0.339 e. The molecule has 0 spiro atoms. The van der Waals surface area contributed by atoms with E-state index in [1.54, 1.807) is 46.2 Å². The molecule has 0 N–H and O–H groups in total. The molecule has 0 aliphatic carbocycles. The van der Waals surface area contributed by atoms with Crippen LogP contribution >= 0.6 is 0 Å². The molecule has 2 fully saturated rings. The highest BCUT2D eigenvalue weighted by Crippen LogP contribution is 2.25. The standard InChI is InChI=1S/C23H26FN3O4S/c24-20-6-4-5-19(17-20)23(29)26-15-13-25(14-16-26)22(28)18-9-11-27(12-10-18)32(30,31)21-7-2-1-3-8-21/h1-8,17-18H,9-16H2. The lowest BCUT2D eigenvalue weighted by Crippen LogP contribution is -2.53. The lowest BCUT2D eigenvalue weighted by atomic mass is 9.96. The van der Waals surface area contributed by atoms with Crippen LogP contribution in [-0.2, 0) is 14.8 Å². The minimum absolute atomic E-state index is 0.0135. The smallest absolute Gasteiger partial charge is 0.254 e. The summed E-state index contributed by atoms with van der Waals surface area (Å²) in [6.07, 6.45) is 0.959. The fraction of sp³-hybridized carbons (Fsp3) is 0.391. The van der Waals surface area contributed by atoms with Crippen LogP contribution in [0.1, 0.15) is 23.2 Å². The third-order valence-electron chi connectivity index (χ3n) is 6.13. The van der Waals surface area contributed by atoms with Gasteiger partial charge < -0.3 is 9.80 Å². The largest absolute Gasteiger partial charge is 0.339 e. The summed E-state index contributed by atoms with van der Waals surface area (Å²) < 4.78 is 40.4. The summed E-state index contributed by atoms with van der Waals surface area (Å²) in [7, 11) is -3.54. The Balaban J connectivity index is 1.30. The second-order valence-electron chi connectivity index (χ2n) is 8.12. The number of amides is 2. The number of benzene rings is 2. The maximum Gasteiger partial charge on any atom is 0.254 e. The van der Waals surface area contributed by atoms with Gasteiger partial charge in [0.05, 0.1) is 4.90 Å². The van der Waals surface area contributed by atoms with Crippen molar-refractivity contribution in [2.45, 2.75) is 17.7 Å². The zero-order chi connectivity index (χ0) is 22.7. The van der Waals surface area contributed by atoms with Crippen molar-refractivity contribution in [2.75, 3.05) is 39.3 Å². The number of piperazine rings is 1. The summed E-state index contributed by atoms with van der Waals surface area (Å²) in [4.78, 5) is 29.2. The number of piperidine rings is 1. The van der Waals surface area contributed by atoms with Gasteiger partial charge in [0.25, 0.3) is 5.91 Å². The molecule has 2 aromatic carbocycles. The molecule has 0 atom stereocenters. The average Bonchev–Trinajstić information content (AvgIpc) is 2.84. The number of carbonyl (C=O) groups excluding carboxylic acids is 2. The highest BCUT2D eigenvalue weighted by molar-refractivity contribution is 7.89. The zero-order valence-electron chi connectivity index (χ0n) is 17.7. The van der Waals surface area contributed by atoms with E-state index >= 15 is 0 Å². The van der Waals surface area contributed by atoms with E-state index in [0.717, 1.165) is 0 Å². The van der Waals surface area contributed by atoms with Crippen molar-refractivity contribution < 1.29 is 22.4 Å². The molecule has 0 aromatic heterocycles. The van der Waals surface area contributed by atoms with Crippen LogP contribution in [0.15, 0.2) is 59.5 Å². The van der Waals surface area contributed by atoms with Crippen molar-refractivity contribution in [1.29, 1.82) is 0 Å². The van der Waals surface area contributed by atoms with Crippen LogP contribution < -0.4 is 0 Å². The normalized spacial score (nSPS) is 18.5. The Bertz CT molecular complexity index is 1080. The van der Waals surface area contributed by atoms with Crippen LogP contribution in [0.5, 0.6) is 0 Å². The molecule has 2 saturated heterocycles. The molecule has 7 nitrogen and oxygen atoms in total. The van der Waals surface area contributed by atoms with Gasteiger partial charge in [-0.15, -0.1) is 0 Å². The van der Waals surface area contributed by atoms with Crippen LogP contribution in [0.25, 0.3) is 0 Å². The molecule has 0 unspecified atom stereocenters. The van der Waals surface area contributed by atoms with Crippen molar-refractivity contribution in [1.82, 2.24) is 14.1 Å². The number of nitrogens with zero attached hydrogens (tertiary/aromatic N) is 3. The van der Waals surface area contributed by atoms with Crippen molar-refractivity contribution in [3.05, 3.63) is 66.0 Å². The molecule has 4 rings (SSSR count). The summed E-state index contributed by atoms with van der Waals surface area (Å²) in [6.45, 7) is 2.24. The maximum absolute atomic E-state index is 13.4. The van der Waals surface area contributed by atoms with E-state index in [-0.39, 0.29) is 22.6 Å². The van der Waals surface area contributed by atoms with E-state index in [0.29, 0.717) is 57.7 Å². The number of hydrogen-bond acceptors (Lipinski definition) is 4. The molecule has 2 aromatic rings.